The molecule has 2 rings (SSSR count). The standard InChI is InChI=1S/C20H22N2O5/c1-14-6-8-18(9-7-14)26-11-10-20(25)27-13-19(24)22-17-5-3-4-16(12-17)21-15(2)23/h3-9,12H,10-11,13H2,1-2H3,(H,21,23)(H,22,24). The summed E-state index contributed by atoms with van der Waals surface area (Å²) >= 11 is 0. The Morgan fingerprint density at radius 2 is 1.63 bits per heavy atom. The number of benzene rings is 2. The molecule has 0 aliphatic carbocycles. The first kappa shape index (κ1) is 20.0. The first-order chi connectivity index (χ1) is 12.9. The third-order valence-corrected chi connectivity index (χ3v) is 3.43. The predicted octanol–water partition coefficient (Wildman–Crippen LogP) is 2.90. The Balaban J connectivity index is 1.69. The summed E-state index contributed by atoms with van der Waals surface area (Å²) in [6, 6.07) is 14.1. The number of aryl methyl sites for hydroxylation is 1. The number of nitrogens with one attached hydrogen (secondary N) is 2. The highest BCUT2D eigenvalue weighted by molar-refractivity contribution is 5.94. The Bertz CT molecular complexity index is 802. The van der Waals surface area contributed by atoms with Crippen molar-refractivity contribution in [3.63, 3.8) is 0 Å². The summed E-state index contributed by atoms with van der Waals surface area (Å²) < 4.78 is 10.4. The van der Waals surface area contributed by atoms with Crippen LogP contribution in [-0.2, 0) is 19.1 Å². The summed E-state index contributed by atoms with van der Waals surface area (Å²) in [5.41, 5.74) is 2.17. The van der Waals surface area contributed by atoms with Gasteiger partial charge < -0.3 is 20.1 Å². The molecule has 0 aliphatic rings. The number of esters is 1. The molecule has 0 unspecified atom stereocenters. The molecule has 0 fully saturated rings. The largest absolute Gasteiger partial charge is 0.493 e. The van der Waals surface area contributed by atoms with Crippen molar-refractivity contribution in [3.8, 4) is 5.75 Å². The van der Waals surface area contributed by atoms with Gasteiger partial charge in [0.1, 0.15) is 5.75 Å². The smallest absolute Gasteiger partial charge is 0.309 e. The van der Waals surface area contributed by atoms with Crippen LogP contribution in [0.4, 0.5) is 11.4 Å². The van der Waals surface area contributed by atoms with Gasteiger partial charge >= 0.3 is 5.97 Å². The number of ether oxygens (including phenoxy) is 2. The Morgan fingerprint density at radius 3 is 2.30 bits per heavy atom. The molecule has 142 valence electrons. The quantitative estimate of drug-likeness (QED) is 0.697. The van der Waals surface area contributed by atoms with Gasteiger partial charge in [-0.15, -0.1) is 0 Å². The van der Waals surface area contributed by atoms with E-state index in [2.05, 4.69) is 10.6 Å². The highest BCUT2D eigenvalue weighted by Crippen LogP contribution is 2.15. The lowest BCUT2D eigenvalue weighted by atomic mass is 10.2. The average molecular weight is 370 g/mol. The van der Waals surface area contributed by atoms with Crippen LogP contribution in [0.2, 0.25) is 0 Å². The lowest BCUT2D eigenvalue weighted by molar-refractivity contribution is -0.147. The van der Waals surface area contributed by atoms with Crippen LogP contribution in [0.3, 0.4) is 0 Å². The van der Waals surface area contributed by atoms with Crippen LogP contribution < -0.4 is 15.4 Å². The van der Waals surface area contributed by atoms with Crippen molar-refractivity contribution >= 4 is 29.2 Å². The summed E-state index contributed by atoms with van der Waals surface area (Å²) in [4.78, 5) is 34.6. The molecule has 2 amide bonds. The zero-order valence-corrected chi connectivity index (χ0v) is 15.3. The van der Waals surface area contributed by atoms with E-state index in [-0.39, 0.29) is 18.9 Å². The van der Waals surface area contributed by atoms with E-state index < -0.39 is 18.5 Å². The van der Waals surface area contributed by atoms with Gasteiger partial charge in [0.15, 0.2) is 6.61 Å². The maximum Gasteiger partial charge on any atom is 0.309 e. The number of anilines is 2. The molecular weight excluding hydrogens is 348 g/mol. The molecule has 2 N–H and O–H groups in total. The summed E-state index contributed by atoms with van der Waals surface area (Å²) in [5, 5.41) is 5.22. The van der Waals surface area contributed by atoms with Gasteiger partial charge in [-0.2, -0.15) is 0 Å². The minimum Gasteiger partial charge on any atom is -0.493 e. The molecule has 0 aromatic heterocycles. The lowest BCUT2D eigenvalue weighted by Gasteiger charge is -2.09. The van der Waals surface area contributed by atoms with Gasteiger partial charge in [0.05, 0.1) is 13.0 Å². The van der Waals surface area contributed by atoms with E-state index in [1.54, 1.807) is 24.3 Å². The van der Waals surface area contributed by atoms with Gasteiger partial charge in [-0.1, -0.05) is 23.8 Å². The highest BCUT2D eigenvalue weighted by atomic mass is 16.5. The molecule has 2 aromatic carbocycles. The van der Waals surface area contributed by atoms with Crippen molar-refractivity contribution < 1.29 is 23.9 Å². The third kappa shape index (κ3) is 7.60. The SMILES string of the molecule is CC(=O)Nc1cccc(NC(=O)COC(=O)CCOc2ccc(C)cc2)c1. The van der Waals surface area contributed by atoms with Crippen molar-refractivity contribution in [3.05, 3.63) is 54.1 Å². The number of hydrogen-bond donors (Lipinski definition) is 2. The van der Waals surface area contributed by atoms with Crippen LogP contribution in [0.5, 0.6) is 5.75 Å². The fourth-order valence-electron chi connectivity index (χ4n) is 2.18. The summed E-state index contributed by atoms with van der Waals surface area (Å²) in [7, 11) is 0. The second kappa shape index (κ2) is 9.96. The fraction of sp³-hybridized carbons (Fsp3) is 0.250. The second-order valence-electron chi connectivity index (χ2n) is 5.88. The third-order valence-electron chi connectivity index (χ3n) is 3.43. The first-order valence-electron chi connectivity index (χ1n) is 8.45. The highest BCUT2D eigenvalue weighted by Gasteiger charge is 2.09. The molecule has 2 aromatic rings. The summed E-state index contributed by atoms with van der Waals surface area (Å²) in [5.74, 6) is -0.530. The van der Waals surface area contributed by atoms with E-state index in [4.69, 9.17) is 9.47 Å². The van der Waals surface area contributed by atoms with Crippen molar-refractivity contribution in [2.45, 2.75) is 20.3 Å². The molecular formula is C20H22N2O5. The molecule has 27 heavy (non-hydrogen) atoms. The van der Waals surface area contributed by atoms with Gasteiger partial charge in [-0.25, -0.2) is 0 Å². The molecule has 0 aliphatic heterocycles. The number of carbonyl (C=O) groups excluding carboxylic acids is 3. The maximum atomic E-state index is 11.9. The molecule has 0 saturated carbocycles. The zero-order chi connectivity index (χ0) is 19.6. The Hall–Kier alpha value is -3.35. The number of hydrogen-bond acceptors (Lipinski definition) is 5. The van der Waals surface area contributed by atoms with E-state index in [0.29, 0.717) is 17.1 Å². The van der Waals surface area contributed by atoms with E-state index in [0.717, 1.165) is 5.56 Å². The monoisotopic (exact) mass is 370 g/mol. The molecule has 0 saturated heterocycles. The van der Waals surface area contributed by atoms with Crippen LogP contribution in [-0.4, -0.2) is 31.0 Å². The van der Waals surface area contributed by atoms with Crippen molar-refractivity contribution in [2.75, 3.05) is 23.8 Å². The van der Waals surface area contributed by atoms with Gasteiger partial charge in [0.2, 0.25) is 5.91 Å². The summed E-state index contributed by atoms with van der Waals surface area (Å²) in [6.45, 7) is 3.14. The van der Waals surface area contributed by atoms with Gasteiger partial charge in [-0.05, 0) is 37.3 Å². The first-order valence-corrected chi connectivity index (χ1v) is 8.45. The number of amides is 2. The average Bonchev–Trinajstić information content (AvgIpc) is 2.61. The molecule has 0 heterocycles. The van der Waals surface area contributed by atoms with E-state index in [1.165, 1.54) is 6.92 Å². The van der Waals surface area contributed by atoms with Crippen LogP contribution in [0.25, 0.3) is 0 Å². The molecule has 7 nitrogen and oxygen atoms in total. The minimum absolute atomic E-state index is 0.0408. The van der Waals surface area contributed by atoms with Gasteiger partial charge in [-0.3, -0.25) is 14.4 Å². The van der Waals surface area contributed by atoms with E-state index in [9.17, 15) is 14.4 Å². The second-order valence-corrected chi connectivity index (χ2v) is 5.88. The van der Waals surface area contributed by atoms with Crippen LogP contribution in [0.1, 0.15) is 18.9 Å². The zero-order valence-electron chi connectivity index (χ0n) is 15.3. The van der Waals surface area contributed by atoms with E-state index in [1.807, 2.05) is 31.2 Å². The lowest BCUT2D eigenvalue weighted by Crippen LogP contribution is -2.21. The molecule has 0 radical (unpaired) electrons. The normalized spacial score (nSPS) is 10.0. The minimum atomic E-state index is -0.524. The topological polar surface area (TPSA) is 93.7 Å². The number of carbonyl (C=O) groups is 3. The van der Waals surface area contributed by atoms with Gasteiger partial charge in [0, 0.05) is 18.3 Å². The number of rotatable bonds is 8. The van der Waals surface area contributed by atoms with Crippen LogP contribution >= 0.6 is 0 Å². The molecule has 0 bridgehead atoms. The maximum absolute atomic E-state index is 11.9. The van der Waals surface area contributed by atoms with Gasteiger partial charge in [0.25, 0.3) is 5.91 Å². The predicted molar refractivity (Wildman–Crippen MR) is 102 cm³/mol. The van der Waals surface area contributed by atoms with Crippen molar-refractivity contribution in [1.82, 2.24) is 0 Å². The van der Waals surface area contributed by atoms with Crippen molar-refractivity contribution in [1.29, 1.82) is 0 Å². The molecule has 0 atom stereocenters. The summed E-state index contributed by atoms with van der Waals surface area (Å²) in [6.07, 6.45) is 0.0408. The van der Waals surface area contributed by atoms with Crippen molar-refractivity contribution in [2.24, 2.45) is 0 Å². The molecule has 0 spiro atoms. The Labute approximate surface area is 157 Å². The van der Waals surface area contributed by atoms with Crippen LogP contribution in [0.15, 0.2) is 48.5 Å². The Kier molecular flexibility index (Phi) is 7.37. The van der Waals surface area contributed by atoms with E-state index >= 15 is 0 Å². The Morgan fingerprint density at radius 1 is 0.963 bits per heavy atom. The molecule has 7 heteroatoms. The van der Waals surface area contributed by atoms with Crippen LogP contribution in [0, 0.1) is 6.92 Å². The fourth-order valence-corrected chi connectivity index (χ4v) is 2.18.